The van der Waals surface area contributed by atoms with Crippen molar-refractivity contribution >= 4 is 37.7 Å². The SMILES string of the molecule is CF.[CaH2].[Ce]. The van der Waals surface area contributed by atoms with E-state index >= 15 is 0 Å². The van der Waals surface area contributed by atoms with Gasteiger partial charge in [-0.05, 0) is 0 Å². The molecule has 0 aromatic carbocycles. The summed E-state index contributed by atoms with van der Waals surface area (Å²) >= 11 is 0. The first kappa shape index (κ1) is 16.0. The summed E-state index contributed by atoms with van der Waals surface area (Å²) in [6.07, 6.45) is 0. The smallest absolute Gasteiger partial charge is 0 e. The van der Waals surface area contributed by atoms with Gasteiger partial charge in [0.1, 0.15) is 0 Å². The van der Waals surface area contributed by atoms with E-state index in [2.05, 4.69) is 0 Å². The predicted octanol–water partition coefficient (Wildman–Crippen LogP) is -0.331. The first-order valence-electron chi connectivity index (χ1n) is 0.378. The second-order valence-electron chi connectivity index (χ2n) is 0. The van der Waals surface area contributed by atoms with Gasteiger partial charge in [-0.15, -0.1) is 0 Å². The Hall–Kier alpha value is 2.57. The molecule has 0 nitrogen and oxygen atoms in total. The van der Waals surface area contributed by atoms with Gasteiger partial charge in [0.05, 0.1) is 7.18 Å². The molecule has 0 aliphatic rings. The van der Waals surface area contributed by atoms with Crippen molar-refractivity contribution in [1.29, 1.82) is 0 Å². The van der Waals surface area contributed by atoms with Crippen LogP contribution >= 0.6 is 0 Å². The van der Waals surface area contributed by atoms with E-state index in [-0.39, 0.29) is 79.5 Å². The van der Waals surface area contributed by atoms with Gasteiger partial charge in [0.25, 0.3) is 0 Å². The Morgan fingerprint density at radius 1 is 1.25 bits per heavy atom. The van der Waals surface area contributed by atoms with Crippen LogP contribution in [-0.2, 0) is 0 Å². The van der Waals surface area contributed by atoms with E-state index in [0.29, 0.717) is 7.18 Å². The molecule has 22 valence electrons. The van der Waals surface area contributed by atoms with Crippen molar-refractivity contribution in [2.45, 2.75) is 0 Å². The molecule has 0 saturated heterocycles. The molecule has 0 bridgehead atoms. The van der Waals surface area contributed by atoms with E-state index in [4.69, 9.17) is 0 Å². The van der Waals surface area contributed by atoms with Crippen LogP contribution in [0.15, 0.2) is 0 Å². The summed E-state index contributed by atoms with van der Waals surface area (Å²) in [7, 11) is 0.500. The Morgan fingerprint density at radius 2 is 1.25 bits per heavy atom. The van der Waals surface area contributed by atoms with Gasteiger partial charge in [0.15, 0.2) is 0 Å². The number of halogens is 1. The molecule has 0 fully saturated rings. The third kappa shape index (κ3) is 8.82. The Morgan fingerprint density at radius 3 is 1.25 bits per heavy atom. The second kappa shape index (κ2) is 17.6. The average molecular weight is 216 g/mol. The fraction of sp³-hybridized carbons (Fsp3) is 1.00. The molecule has 0 aliphatic carbocycles. The molecule has 0 spiro atoms. The molecule has 0 aromatic heterocycles. The van der Waals surface area contributed by atoms with Crippen molar-refractivity contribution in [3.8, 4) is 0 Å². The topological polar surface area (TPSA) is 0 Å². The maximum atomic E-state index is 9.50. The summed E-state index contributed by atoms with van der Waals surface area (Å²) in [6, 6.07) is 0. The standard InChI is InChI=1S/CH3F.Ca.Ce.2H/c1-2;;;;/h1H3;;;;. The van der Waals surface area contributed by atoms with Crippen LogP contribution < -0.4 is 0 Å². The monoisotopic (exact) mass is 216 g/mol. The summed E-state index contributed by atoms with van der Waals surface area (Å²) in [4.78, 5) is 0. The quantitative estimate of drug-likeness (QED) is 0.486. The van der Waals surface area contributed by atoms with Gasteiger partial charge in [0, 0.05) is 41.7 Å². The van der Waals surface area contributed by atoms with Crippen LogP contribution in [0.25, 0.3) is 0 Å². The maximum absolute atomic E-state index is 9.50. The minimum Gasteiger partial charge on any atom is 0 e. The average Bonchev–Trinajstić information content (AvgIpc) is 1.00. The van der Waals surface area contributed by atoms with Gasteiger partial charge in [-0.25, -0.2) is 0 Å². The number of hydrogen-bond donors (Lipinski definition) is 0. The molecule has 0 saturated carbocycles. The predicted molar refractivity (Wildman–Crippen MR) is 15.6 cm³/mol. The largest absolute Gasteiger partial charge is 0 e. The van der Waals surface area contributed by atoms with Crippen LogP contribution in [0.2, 0.25) is 0 Å². The van der Waals surface area contributed by atoms with Gasteiger partial charge >= 0.3 is 37.7 Å². The molecule has 0 radical (unpaired) electrons. The molecule has 0 aromatic rings. The Kier molecular flexibility index (Phi) is 70.5. The summed E-state index contributed by atoms with van der Waals surface area (Å²) in [5.41, 5.74) is 0. The van der Waals surface area contributed by atoms with Crippen LogP contribution in [0.5, 0.6) is 0 Å². The molecule has 0 heterocycles. The number of rotatable bonds is 0. The molecule has 0 unspecified atom stereocenters. The van der Waals surface area contributed by atoms with E-state index in [0.717, 1.165) is 0 Å². The fourth-order valence-corrected chi connectivity index (χ4v) is 0. The zero-order valence-electron chi connectivity index (χ0n) is 1.88. The van der Waals surface area contributed by atoms with Gasteiger partial charge < -0.3 is 0 Å². The van der Waals surface area contributed by atoms with Gasteiger partial charge in [0.2, 0.25) is 0 Å². The summed E-state index contributed by atoms with van der Waals surface area (Å²) in [5, 5.41) is 0. The van der Waals surface area contributed by atoms with Gasteiger partial charge in [-0.2, -0.15) is 0 Å². The molecule has 4 heavy (non-hydrogen) atoms. The van der Waals surface area contributed by atoms with Crippen molar-refractivity contribution in [3.63, 3.8) is 0 Å². The minimum absolute atomic E-state index is 0. The Balaban J connectivity index is -0.00000000500. The van der Waals surface area contributed by atoms with Gasteiger partial charge in [-0.3, -0.25) is 4.39 Å². The third-order valence-corrected chi connectivity index (χ3v) is 0. The first-order chi connectivity index (χ1) is 1.00. The molecule has 0 N–H and O–H groups in total. The number of alkyl halides is 1. The minimum atomic E-state index is 0. The van der Waals surface area contributed by atoms with E-state index in [1.807, 2.05) is 0 Å². The van der Waals surface area contributed by atoms with E-state index < -0.39 is 0 Å². The summed E-state index contributed by atoms with van der Waals surface area (Å²) in [5.74, 6) is 0. The summed E-state index contributed by atoms with van der Waals surface area (Å²) < 4.78 is 9.50. The van der Waals surface area contributed by atoms with E-state index in [1.165, 1.54) is 0 Å². The molecular formula is CH5CaCeF. The molecular weight excluding hydrogens is 211 g/mol. The van der Waals surface area contributed by atoms with E-state index in [1.54, 1.807) is 0 Å². The van der Waals surface area contributed by atoms with Crippen LogP contribution in [0.4, 0.5) is 4.39 Å². The molecule has 0 atom stereocenters. The van der Waals surface area contributed by atoms with Crippen molar-refractivity contribution in [2.75, 3.05) is 7.18 Å². The third-order valence-electron chi connectivity index (χ3n) is 0. The van der Waals surface area contributed by atoms with Crippen molar-refractivity contribution in [3.05, 3.63) is 0 Å². The summed E-state index contributed by atoms with van der Waals surface area (Å²) in [6.45, 7) is 0. The van der Waals surface area contributed by atoms with E-state index in [9.17, 15) is 4.39 Å². The van der Waals surface area contributed by atoms with Crippen molar-refractivity contribution in [1.82, 2.24) is 0 Å². The zero-order chi connectivity index (χ0) is 2.00. The fourth-order valence-electron chi connectivity index (χ4n) is 0. The van der Waals surface area contributed by atoms with Crippen LogP contribution in [-0.4, -0.2) is 44.9 Å². The maximum Gasteiger partial charge on any atom is 0 e. The van der Waals surface area contributed by atoms with Crippen molar-refractivity contribution in [2.24, 2.45) is 0 Å². The number of hydrogen-bond acceptors (Lipinski definition) is 0. The van der Waals surface area contributed by atoms with Crippen molar-refractivity contribution < 1.29 is 46.1 Å². The Labute approximate surface area is 88.9 Å². The second-order valence-corrected chi connectivity index (χ2v) is 0. The van der Waals surface area contributed by atoms with Crippen LogP contribution in [0.3, 0.4) is 0 Å². The zero-order valence-corrected chi connectivity index (χ0v) is 5.02. The molecule has 3 heteroatoms. The van der Waals surface area contributed by atoms with Crippen LogP contribution in [0, 0.1) is 41.7 Å². The molecule has 0 rings (SSSR count). The first-order valence-corrected chi connectivity index (χ1v) is 0.378. The van der Waals surface area contributed by atoms with Crippen LogP contribution in [0.1, 0.15) is 0 Å². The Bertz CT molecular complexity index is 8.00. The molecule has 0 aliphatic heterocycles. The molecule has 0 amide bonds. The van der Waals surface area contributed by atoms with Gasteiger partial charge in [-0.1, -0.05) is 0 Å². The normalized spacial score (nSPS) is 1.50.